The largest absolute Gasteiger partial charge is 0.392 e. The minimum absolute atomic E-state index is 0.146. The van der Waals surface area contributed by atoms with Gasteiger partial charge in [-0.25, -0.2) is 0 Å². The number of hydrogen-bond acceptors (Lipinski definition) is 2. The molecule has 0 amide bonds. The zero-order chi connectivity index (χ0) is 18.5. The van der Waals surface area contributed by atoms with Crippen LogP contribution in [0.2, 0.25) is 0 Å². The molecule has 1 atom stereocenters. The molecule has 0 unspecified atom stereocenters. The van der Waals surface area contributed by atoms with Crippen LogP contribution in [0.3, 0.4) is 0 Å². The van der Waals surface area contributed by atoms with Crippen LogP contribution in [-0.2, 0) is 5.54 Å². The Morgan fingerprint density at radius 2 is 1.19 bits per heavy atom. The molecule has 0 bridgehead atoms. The third-order valence-electron chi connectivity index (χ3n) is 5.44. The van der Waals surface area contributed by atoms with Crippen molar-refractivity contribution in [3.63, 3.8) is 0 Å². The minimum atomic E-state index is -0.437. The van der Waals surface area contributed by atoms with Crippen molar-refractivity contribution in [2.45, 2.75) is 24.4 Å². The van der Waals surface area contributed by atoms with Gasteiger partial charge in [-0.2, -0.15) is 0 Å². The molecular weight excluding hydrogens is 330 g/mol. The fraction of sp³-hybridized carbons (Fsp3) is 0.200. The van der Waals surface area contributed by atoms with Gasteiger partial charge in [0.15, 0.2) is 0 Å². The quantitative estimate of drug-likeness (QED) is 0.498. The Labute approximate surface area is 161 Å². The first-order chi connectivity index (χ1) is 13.3. The molecule has 2 nitrogen and oxygen atoms in total. The molecule has 136 valence electrons. The third kappa shape index (κ3) is 3.46. The molecule has 3 aromatic carbocycles. The molecule has 2 heteroatoms. The lowest BCUT2D eigenvalue weighted by Gasteiger charge is -2.39. The molecule has 1 aliphatic carbocycles. The molecule has 0 saturated carbocycles. The Morgan fingerprint density at radius 3 is 1.56 bits per heavy atom. The summed E-state index contributed by atoms with van der Waals surface area (Å²) >= 11 is 0. The molecule has 0 heterocycles. The number of hydrogen-bond donors (Lipinski definition) is 2. The van der Waals surface area contributed by atoms with Crippen LogP contribution >= 0.6 is 0 Å². The molecule has 0 radical (unpaired) electrons. The van der Waals surface area contributed by atoms with Crippen molar-refractivity contribution >= 4 is 0 Å². The average Bonchev–Trinajstić information content (AvgIpc) is 3.21. The Morgan fingerprint density at radius 1 is 0.741 bits per heavy atom. The smallest absolute Gasteiger partial charge is 0.0950 e. The van der Waals surface area contributed by atoms with Crippen LogP contribution in [0.4, 0.5) is 0 Å². The van der Waals surface area contributed by atoms with E-state index in [0.717, 1.165) is 18.4 Å². The van der Waals surface area contributed by atoms with Gasteiger partial charge in [0.25, 0.3) is 0 Å². The van der Waals surface area contributed by atoms with E-state index in [2.05, 4.69) is 102 Å². The van der Waals surface area contributed by atoms with Crippen molar-refractivity contribution in [1.29, 1.82) is 0 Å². The Bertz CT molecular complexity index is 791. The number of aliphatic hydroxyl groups is 1. The highest BCUT2D eigenvalue weighted by Gasteiger charge is 2.38. The van der Waals surface area contributed by atoms with Crippen molar-refractivity contribution in [3.8, 4) is 0 Å². The van der Waals surface area contributed by atoms with Crippen LogP contribution in [0.15, 0.2) is 103 Å². The van der Waals surface area contributed by atoms with E-state index in [0.29, 0.717) is 0 Å². The van der Waals surface area contributed by atoms with Gasteiger partial charge in [0, 0.05) is 6.04 Å². The van der Waals surface area contributed by atoms with Crippen molar-refractivity contribution in [1.82, 2.24) is 5.32 Å². The summed E-state index contributed by atoms with van der Waals surface area (Å²) in [6, 6.07) is 32.3. The van der Waals surface area contributed by atoms with Gasteiger partial charge >= 0.3 is 0 Å². The van der Waals surface area contributed by atoms with Gasteiger partial charge in [-0.1, -0.05) is 97.1 Å². The van der Waals surface area contributed by atoms with E-state index in [1.54, 1.807) is 0 Å². The van der Waals surface area contributed by atoms with Crippen LogP contribution in [0.1, 0.15) is 29.5 Å². The maximum absolute atomic E-state index is 9.54. The minimum Gasteiger partial charge on any atom is -0.392 e. The first-order valence-corrected chi connectivity index (χ1v) is 9.56. The van der Waals surface area contributed by atoms with Crippen LogP contribution in [0.5, 0.6) is 0 Å². The van der Waals surface area contributed by atoms with Crippen LogP contribution < -0.4 is 5.32 Å². The van der Waals surface area contributed by atoms with E-state index in [9.17, 15) is 5.11 Å². The van der Waals surface area contributed by atoms with Gasteiger partial charge in [-0.05, 0) is 35.1 Å². The van der Waals surface area contributed by atoms with E-state index in [-0.39, 0.29) is 12.6 Å². The van der Waals surface area contributed by atoms with Gasteiger partial charge in [0.05, 0.1) is 12.1 Å². The third-order valence-corrected chi connectivity index (χ3v) is 5.44. The molecule has 3 aromatic rings. The van der Waals surface area contributed by atoms with Crippen molar-refractivity contribution in [3.05, 3.63) is 119 Å². The maximum atomic E-state index is 9.54. The molecule has 0 spiro atoms. The standard InChI is InChI=1S/C25H25NO/c27-19-20-16-17-24(18-20)26-25(21-10-4-1-5-11-21,22-12-6-2-7-13-22)23-14-8-3-9-15-23/h1-16,24,26-27H,17-19H2/t24-/m1/s1. The zero-order valence-corrected chi connectivity index (χ0v) is 15.4. The van der Waals surface area contributed by atoms with Crippen LogP contribution in [0.25, 0.3) is 0 Å². The zero-order valence-electron chi connectivity index (χ0n) is 15.4. The SMILES string of the molecule is OCC1=CC[C@@H](NC(c2ccccc2)(c2ccccc2)c2ccccc2)C1. The van der Waals surface area contributed by atoms with Gasteiger partial charge in [0.1, 0.15) is 0 Å². The summed E-state index contributed by atoms with van der Waals surface area (Å²) in [5, 5.41) is 13.5. The second-order valence-corrected chi connectivity index (χ2v) is 7.15. The van der Waals surface area contributed by atoms with E-state index >= 15 is 0 Å². The normalized spacial score (nSPS) is 16.9. The summed E-state index contributed by atoms with van der Waals surface area (Å²) in [6.07, 6.45) is 3.98. The highest BCUT2D eigenvalue weighted by Crippen LogP contribution is 2.38. The monoisotopic (exact) mass is 355 g/mol. The summed E-state index contributed by atoms with van der Waals surface area (Å²) in [6.45, 7) is 0.146. The molecule has 0 aromatic heterocycles. The van der Waals surface area contributed by atoms with Gasteiger partial charge in [0.2, 0.25) is 0 Å². The van der Waals surface area contributed by atoms with Gasteiger partial charge in [-0.15, -0.1) is 0 Å². The second-order valence-electron chi connectivity index (χ2n) is 7.15. The van der Waals surface area contributed by atoms with Crippen LogP contribution in [-0.4, -0.2) is 17.8 Å². The number of aliphatic hydroxyl groups excluding tert-OH is 1. The topological polar surface area (TPSA) is 32.3 Å². The van der Waals surface area contributed by atoms with E-state index < -0.39 is 5.54 Å². The summed E-state index contributed by atoms with van der Waals surface area (Å²) in [5.74, 6) is 0. The summed E-state index contributed by atoms with van der Waals surface area (Å²) in [4.78, 5) is 0. The summed E-state index contributed by atoms with van der Waals surface area (Å²) < 4.78 is 0. The van der Waals surface area contributed by atoms with Crippen molar-refractivity contribution < 1.29 is 5.11 Å². The second kappa shape index (κ2) is 7.91. The molecule has 0 fully saturated rings. The highest BCUT2D eigenvalue weighted by atomic mass is 16.3. The number of nitrogens with one attached hydrogen (secondary N) is 1. The van der Waals surface area contributed by atoms with Gasteiger partial charge in [-0.3, -0.25) is 5.32 Å². The molecular formula is C25H25NO. The molecule has 2 N–H and O–H groups in total. The van der Waals surface area contributed by atoms with Crippen LogP contribution in [0, 0.1) is 0 Å². The van der Waals surface area contributed by atoms with E-state index in [4.69, 9.17) is 0 Å². The van der Waals surface area contributed by atoms with E-state index in [1.807, 2.05) is 0 Å². The average molecular weight is 355 g/mol. The summed E-state index contributed by atoms with van der Waals surface area (Å²) in [7, 11) is 0. The fourth-order valence-corrected chi connectivity index (χ4v) is 4.15. The molecule has 27 heavy (non-hydrogen) atoms. The Hall–Kier alpha value is -2.68. The Kier molecular flexibility index (Phi) is 5.19. The first-order valence-electron chi connectivity index (χ1n) is 9.56. The predicted octanol–water partition coefficient (Wildman–Crippen LogP) is 4.65. The predicted molar refractivity (Wildman–Crippen MR) is 111 cm³/mol. The van der Waals surface area contributed by atoms with Crippen molar-refractivity contribution in [2.75, 3.05) is 6.61 Å². The van der Waals surface area contributed by atoms with Gasteiger partial charge < -0.3 is 5.11 Å². The molecule has 1 aliphatic rings. The molecule has 0 saturated heterocycles. The first kappa shape index (κ1) is 17.7. The molecule has 0 aliphatic heterocycles. The fourth-order valence-electron chi connectivity index (χ4n) is 4.15. The lowest BCUT2D eigenvalue weighted by molar-refractivity contribution is 0.321. The lowest BCUT2D eigenvalue weighted by Crippen LogP contribution is -2.49. The van der Waals surface area contributed by atoms with Crippen molar-refractivity contribution in [2.24, 2.45) is 0 Å². The Balaban J connectivity index is 1.87. The maximum Gasteiger partial charge on any atom is 0.0950 e. The summed E-state index contributed by atoms with van der Waals surface area (Å²) in [5.41, 5.74) is 4.35. The van der Waals surface area contributed by atoms with E-state index in [1.165, 1.54) is 16.7 Å². The highest BCUT2D eigenvalue weighted by molar-refractivity contribution is 5.49. The number of rotatable bonds is 6. The molecule has 4 rings (SSSR count). The lowest BCUT2D eigenvalue weighted by atomic mass is 9.76. The number of benzene rings is 3.